The minimum absolute atomic E-state index is 0.0265. The molecule has 0 bridgehead atoms. The third-order valence-electron chi connectivity index (χ3n) is 4.10. The van der Waals surface area contributed by atoms with Crippen molar-refractivity contribution in [1.29, 1.82) is 0 Å². The topological polar surface area (TPSA) is 35.6 Å². The Morgan fingerprint density at radius 2 is 2.17 bits per heavy atom. The third-order valence-corrected chi connectivity index (χ3v) is 4.10. The van der Waals surface area contributed by atoms with E-state index in [1.165, 1.54) is 11.1 Å². The largest absolute Gasteiger partial charge is 0.313 e. The summed E-state index contributed by atoms with van der Waals surface area (Å²) in [6.07, 6.45) is 0. The van der Waals surface area contributed by atoms with E-state index in [-0.39, 0.29) is 11.9 Å². The Morgan fingerprint density at radius 3 is 2.94 bits per heavy atom. The number of nitrogens with zero attached hydrogens (tertiary/aromatic N) is 2. The van der Waals surface area contributed by atoms with E-state index in [4.69, 9.17) is 0 Å². The van der Waals surface area contributed by atoms with E-state index in [2.05, 4.69) is 30.1 Å². The molecule has 1 amide bonds. The zero-order valence-electron chi connectivity index (χ0n) is 10.9. The van der Waals surface area contributed by atoms with Crippen LogP contribution >= 0.6 is 0 Å². The molecule has 1 atom stereocenters. The van der Waals surface area contributed by atoms with Gasteiger partial charge in [-0.15, -0.1) is 0 Å². The number of hydrogen-bond donors (Lipinski definition) is 1. The van der Waals surface area contributed by atoms with Crippen molar-refractivity contribution < 1.29 is 4.79 Å². The standard InChI is InChI=1S/C14H19N3O/c1-10-4-3-5-12(11(10)2)17-9-16-7-6-15-8-13(16)14(17)18/h3-5,13,15H,6-9H2,1-2H3. The first-order valence-electron chi connectivity index (χ1n) is 6.51. The van der Waals surface area contributed by atoms with Gasteiger partial charge in [0.1, 0.15) is 6.04 Å². The Kier molecular flexibility index (Phi) is 2.84. The highest BCUT2D eigenvalue weighted by atomic mass is 16.2. The molecule has 2 saturated heterocycles. The Morgan fingerprint density at radius 1 is 1.33 bits per heavy atom. The lowest BCUT2D eigenvalue weighted by Crippen LogP contribution is -2.50. The first-order valence-corrected chi connectivity index (χ1v) is 6.51. The molecule has 4 heteroatoms. The van der Waals surface area contributed by atoms with Gasteiger partial charge in [-0.05, 0) is 31.0 Å². The maximum atomic E-state index is 12.4. The lowest BCUT2D eigenvalue weighted by molar-refractivity contribution is -0.120. The predicted octanol–water partition coefficient (Wildman–Crippen LogP) is 0.881. The molecule has 2 heterocycles. The van der Waals surface area contributed by atoms with Gasteiger partial charge in [0.05, 0.1) is 6.67 Å². The van der Waals surface area contributed by atoms with Crippen molar-refractivity contribution in [3.8, 4) is 0 Å². The number of rotatable bonds is 1. The highest BCUT2D eigenvalue weighted by Gasteiger charge is 2.40. The smallest absolute Gasteiger partial charge is 0.246 e. The van der Waals surface area contributed by atoms with Crippen LogP contribution in [0, 0.1) is 13.8 Å². The van der Waals surface area contributed by atoms with Gasteiger partial charge >= 0.3 is 0 Å². The molecule has 2 aliphatic heterocycles. The molecule has 0 spiro atoms. The van der Waals surface area contributed by atoms with Crippen LogP contribution in [0.1, 0.15) is 11.1 Å². The van der Waals surface area contributed by atoms with E-state index in [9.17, 15) is 4.79 Å². The summed E-state index contributed by atoms with van der Waals surface area (Å²) < 4.78 is 0. The molecule has 3 rings (SSSR count). The number of carbonyl (C=O) groups excluding carboxylic acids is 1. The molecule has 1 unspecified atom stereocenters. The van der Waals surface area contributed by atoms with E-state index >= 15 is 0 Å². The van der Waals surface area contributed by atoms with Crippen LogP contribution in [-0.4, -0.2) is 43.2 Å². The van der Waals surface area contributed by atoms with E-state index in [1.54, 1.807) is 0 Å². The van der Waals surface area contributed by atoms with Crippen LogP contribution in [0.2, 0.25) is 0 Å². The zero-order chi connectivity index (χ0) is 12.7. The lowest BCUT2D eigenvalue weighted by atomic mass is 10.1. The average Bonchev–Trinajstić information content (AvgIpc) is 2.71. The van der Waals surface area contributed by atoms with Gasteiger partial charge in [-0.2, -0.15) is 0 Å². The van der Waals surface area contributed by atoms with Crippen molar-refractivity contribution in [3.05, 3.63) is 29.3 Å². The molecule has 1 aromatic rings. The Balaban J connectivity index is 1.93. The molecule has 0 saturated carbocycles. The van der Waals surface area contributed by atoms with Gasteiger partial charge in [-0.25, -0.2) is 0 Å². The third kappa shape index (κ3) is 1.72. The van der Waals surface area contributed by atoms with Gasteiger partial charge in [0.2, 0.25) is 5.91 Å². The van der Waals surface area contributed by atoms with Gasteiger partial charge in [-0.3, -0.25) is 14.6 Å². The quantitative estimate of drug-likeness (QED) is 0.798. The summed E-state index contributed by atoms with van der Waals surface area (Å²) in [6.45, 7) is 7.62. The molecule has 0 radical (unpaired) electrons. The fourth-order valence-electron chi connectivity index (χ4n) is 2.81. The minimum atomic E-state index is 0.0265. The highest BCUT2D eigenvalue weighted by Crippen LogP contribution is 2.28. The fraction of sp³-hybridized carbons (Fsp3) is 0.500. The number of amides is 1. The summed E-state index contributed by atoms with van der Waals surface area (Å²) in [5.41, 5.74) is 3.51. The first-order chi connectivity index (χ1) is 8.68. The molecule has 2 aliphatic rings. The van der Waals surface area contributed by atoms with Crippen LogP contribution < -0.4 is 10.2 Å². The summed E-state index contributed by atoms with van der Waals surface area (Å²) in [4.78, 5) is 16.6. The molecule has 1 N–H and O–H groups in total. The van der Waals surface area contributed by atoms with E-state index in [1.807, 2.05) is 17.0 Å². The average molecular weight is 245 g/mol. The molecule has 18 heavy (non-hydrogen) atoms. The first kappa shape index (κ1) is 11.7. The van der Waals surface area contributed by atoms with Crippen LogP contribution in [-0.2, 0) is 4.79 Å². The minimum Gasteiger partial charge on any atom is -0.313 e. The summed E-state index contributed by atoms with van der Waals surface area (Å²) in [5, 5.41) is 3.30. The normalized spacial score (nSPS) is 24.4. The summed E-state index contributed by atoms with van der Waals surface area (Å²) in [6, 6.07) is 6.19. The molecule has 2 fully saturated rings. The molecule has 4 nitrogen and oxygen atoms in total. The highest BCUT2D eigenvalue weighted by molar-refractivity contribution is 6.00. The van der Waals surface area contributed by atoms with Crippen molar-refractivity contribution in [2.75, 3.05) is 31.2 Å². The Hall–Kier alpha value is -1.39. The van der Waals surface area contributed by atoms with Crippen LogP contribution in [0.5, 0.6) is 0 Å². The van der Waals surface area contributed by atoms with Gasteiger partial charge in [0.25, 0.3) is 0 Å². The van der Waals surface area contributed by atoms with Crippen molar-refractivity contribution in [2.24, 2.45) is 0 Å². The summed E-state index contributed by atoms with van der Waals surface area (Å²) >= 11 is 0. The Bertz CT molecular complexity index is 486. The second kappa shape index (κ2) is 4.37. The SMILES string of the molecule is Cc1cccc(N2CN3CCNCC3C2=O)c1C. The van der Waals surface area contributed by atoms with E-state index in [0.717, 1.165) is 32.0 Å². The number of benzene rings is 1. The Labute approximate surface area is 108 Å². The summed E-state index contributed by atoms with van der Waals surface area (Å²) in [7, 11) is 0. The van der Waals surface area contributed by atoms with E-state index < -0.39 is 0 Å². The number of fused-ring (bicyclic) bond motifs is 1. The van der Waals surface area contributed by atoms with Crippen LogP contribution in [0.25, 0.3) is 0 Å². The second-order valence-electron chi connectivity index (χ2n) is 5.16. The number of anilines is 1. The number of nitrogens with one attached hydrogen (secondary N) is 1. The number of aryl methyl sites for hydroxylation is 1. The van der Waals surface area contributed by atoms with Gasteiger partial charge < -0.3 is 5.32 Å². The number of piperazine rings is 1. The van der Waals surface area contributed by atoms with Crippen LogP contribution in [0.15, 0.2) is 18.2 Å². The predicted molar refractivity (Wildman–Crippen MR) is 71.6 cm³/mol. The maximum absolute atomic E-state index is 12.4. The molecule has 0 aromatic heterocycles. The lowest BCUT2D eigenvalue weighted by Gasteiger charge is -2.26. The fourth-order valence-corrected chi connectivity index (χ4v) is 2.81. The van der Waals surface area contributed by atoms with Crippen molar-refractivity contribution in [2.45, 2.75) is 19.9 Å². The molecular formula is C14H19N3O. The molecule has 96 valence electrons. The zero-order valence-corrected chi connectivity index (χ0v) is 10.9. The van der Waals surface area contributed by atoms with Gasteiger partial charge in [-0.1, -0.05) is 12.1 Å². The van der Waals surface area contributed by atoms with Crippen LogP contribution in [0.3, 0.4) is 0 Å². The van der Waals surface area contributed by atoms with E-state index in [0.29, 0.717) is 0 Å². The van der Waals surface area contributed by atoms with Crippen molar-refractivity contribution in [3.63, 3.8) is 0 Å². The molecular weight excluding hydrogens is 226 g/mol. The number of carbonyl (C=O) groups is 1. The van der Waals surface area contributed by atoms with Crippen molar-refractivity contribution in [1.82, 2.24) is 10.2 Å². The summed E-state index contributed by atoms with van der Waals surface area (Å²) in [5.74, 6) is 0.232. The second-order valence-corrected chi connectivity index (χ2v) is 5.16. The van der Waals surface area contributed by atoms with Gasteiger partial charge in [0, 0.05) is 25.3 Å². The molecule has 1 aromatic carbocycles. The maximum Gasteiger partial charge on any atom is 0.246 e. The monoisotopic (exact) mass is 245 g/mol. The van der Waals surface area contributed by atoms with Crippen molar-refractivity contribution >= 4 is 11.6 Å². The van der Waals surface area contributed by atoms with Gasteiger partial charge in [0.15, 0.2) is 0 Å². The molecule has 0 aliphatic carbocycles. The van der Waals surface area contributed by atoms with Crippen LogP contribution in [0.4, 0.5) is 5.69 Å². The number of hydrogen-bond acceptors (Lipinski definition) is 3.